The van der Waals surface area contributed by atoms with E-state index in [9.17, 15) is 13.2 Å². The zero-order valence-corrected chi connectivity index (χ0v) is 19.4. The summed E-state index contributed by atoms with van der Waals surface area (Å²) < 4.78 is 28.2. The van der Waals surface area contributed by atoms with Crippen molar-refractivity contribution in [2.45, 2.75) is 39.5 Å². The molecule has 3 aromatic carbocycles. The molecule has 0 spiro atoms. The van der Waals surface area contributed by atoms with Crippen molar-refractivity contribution >= 4 is 27.3 Å². The first-order valence-corrected chi connectivity index (χ1v) is 11.6. The molecular weight excluding hydrogens is 408 g/mol. The summed E-state index contributed by atoms with van der Waals surface area (Å²) in [5, 5.41) is 2.92. The highest BCUT2D eigenvalue weighted by molar-refractivity contribution is 7.92. The molecule has 0 atom stereocenters. The third-order valence-electron chi connectivity index (χ3n) is 5.19. The predicted molar refractivity (Wildman–Crippen MR) is 126 cm³/mol. The van der Waals surface area contributed by atoms with Gasteiger partial charge in [0.25, 0.3) is 10.0 Å². The van der Waals surface area contributed by atoms with Crippen molar-refractivity contribution < 1.29 is 13.2 Å². The molecule has 0 aliphatic heterocycles. The molecular formula is C25H28N2O3S. The number of amides is 1. The van der Waals surface area contributed by atoms with E-state index in [1.165, 1.54) is 4.31 Å². The number of carbonyl (C=O) groups excluding carboxylic acids is 1. The number of aryl methyl sites for hydroxylation is 5. The van der Waals surface area contributed by atoms with Crippen molar-refractivity contribution in [1.82, 2.24) is 0 Å². The highest BCUT2D eigenvalue weighted by Crippen LogP contribution is 2.28. The van der Waals surface area contributed by atoms with Gasteiger partial charge in [-0.3, -0.25) is 9.10 Å². The minimum absolute atomic E-state index is 0.145. The predicted octanol–water partition coefficient (Wildman–Crippen LogP) is 5.06. The van der Waals surface area contributed by atoms with Gasteiger partial charge in [-0.2, -0.15) is 0 Å². The Bertz CT molecular complexity index is 1200. The van der Waals surface area contributed by atoms with Gasteiger partial charge in [0.05, 0.1) is 10.6 Å². The van der Waals surface area contributed by atoms with Gasteiger partial charge >= 0.3 is 0 Å². The molecule has 0 fully saturated rings. The Hall–Kier alpha value is -3.12. The van der Waals surface area contributed by atoms with Crippen LogP contribution in [-0.2, 0) is 14.8 Å². The quantitative estimate of drug-likeness (QED) is 0.587. The molecule has 0 bridgehead atoms. The highest BCUT2D eigenvalue weighted by Gasteiger charge is 2.28. The fourth-order valence-electron chi connectivity index (χ4n) is 3.69. The Labute approximate surface area is 184 Å². The highest BCUT2D eigenvalue weighted by atomic mass is 32.2. The minimum atomic E-state index is -3.94. The standard InChI is InChI=1S/C25H28N2O3S/c1-17-11-12-19(3)23(15-17)27(31(29,30)22-9-7-6-8-10-22)16-24(28)26-25-20(4)13-18(2)14-21(25)5/h6-15H,16H2,1-5H3,(H,26,28). The lowest BCUT2D eigenvalue weighted by atomic mass is 10.1. The lowest BCUT2D eigenvalue weighted by Crippen LogP contribution is -2.38. The number of anilines is 2. The molecule has 0 saturated carbocycles. The van der Waals surface area contributed by atoms with Crippen LogP contribution in [0, 0.1) is 34.6 Å². The van der Waals surface area contributed by atoms with Crippen molar-refractivity contribution in [3.63, 3.8) is 0 Å². The molecule has 0 unspecified atom stereocenters. The van der Waals surface area contributed by atoms with Gasteiger partial charge in [0.2, 0.25) is 5.91 Å². The SMILES string of the molecule is Cc1cc(C)c(NC(=O)CN(c2cc(C)ccc2C)S(=O)(=O)c2ccccc2)c(C)c1. The molecule has 1 amide bonds. The summed E-state index contributed by atoms with van der Waals surface area (Å²) in [7, 11) is -3.94. The first kappa shape index (κ1) is 22.6. The summed E-state index contributed by atoms with van der Waals surface area (Å²) in [5.74, 6) is -0.393. The van der Waals surface area contributed by atoms with E-state index in [2.05, 4.69) is 5.32 Å². The number of nitrogens with zero attached hydrogens (tertiary/aromatic N) is 1. The van der Waals surface area contributed by atoms with E-state index < -0.39 is 15.9 Å². The van der Waals surface area contributed by atoms with Gasteiger partial charge in [-0.1, -0.05) is 48.0 Å². The molecule has 3 rings (SSSR count). The fourth-order valence-corrected chi connectivity index (χ4v) is 5.19. The monoisotopic (exact) mass is 436 g/mol. The van der Waals surface area contributed by atoms with Crippen LogP contribution in [0.1, 0.15) is 27.8 Å². The Morgan fingerprint density at radius 1 is 0.806 bits per heavy atom. The molecule has 0 aliphatic carbocycles. The second-order valence-electron chi connectivity index (χ2n) is 7.94. The Morgan fingerprint density at radius 3 is 2.03 bits per heavy atom. The van der Waals surface area contributed by atoms with E-state index in [0.717, 1.165) is 27.8 Å². The van der Waals surface area contributed by atoms with E-state index in [-0.39, 0.29) is 11.4 Å². The number of rotatable bonds is 6. The van der Waals surface area contributed by atoms with Gasteiger partial charge in [-0.05, 0) is 75.1 Å². The largest absolute Gasteiger partial charge is 0.324 e. The van der Waals surface area contributed by atoms with Crippen LogP contribution in [-0.4, -0.2) is 20.9 Å². The molecule has 6 heteroatoms. The van der Waals surface area contributed by atoms with Gasteiger partial charge in [0.15, 0.2) is 0 Å². The van der Waals surface area contributed by atoms with Crippen LogP contribution in [0.5, 0.6) is 0 Å². The summed E-state index contributed by atoms with van der Waals surface area (Å²) in [6.07, 6.45) is 0. The second-order valence-corrected chi connectivity index (χ2v) is 9.80. The number of carbonyl (C=O) groups is 1. The van der Waals surface area contributed by atoms with Gasteiger partial charge in [-0.15, -0.1) is 0 Å². The molecule has 0 heterocycles. The third-order valence-corrected chi connectivity index (χ3v) is 6.97. The van der Waals surface area contributed by atoms with Gasteiger partial charge in [0.1, 0.15) is 6.54 Å². The zero-order chi connectivity index (χ0) is 22.8. The summed E-state index contributed by atoms with van der Waals surface area (Å²) in [4.78, 5) is 13.2. The van der Waals surface area contributed by atoms with Crippen molar-refractivity contribution in [2.24, 2.45) is 0 Å². The molecule has 5 nitrogen and oxygen atoms in total. The van der Waals surface area contributed by atoms with Crippen LogP contribution in [0.25, 0.3) is 0 Å². The average molecular weight is 437 g/mol. The van der Waals surface area contributed by atoms with Crippen LogP contribution in [0.15, 0.2) is 65.6 Å². The summed E-state index contributed by atoms with van der Waals surface area (Å²) >= 11 is 0. The summed E-state index contributed by atoms with van der Waals surface area (Å²) in [6, 6.07) is 17.8. The molecule has 0 saturated heterocycles. The van der Waals surface area contributed by atoms with E-state index in [1.807, 2.05) is 58.9 Å². The molecule has 3 aromatic rings. The molecule has 0 aromatic heterocycles. The van der Waals surface area contributed by atoms with Gasteiger partial charge in [-0.25, -0.2) is 8.42 Å². The average Bonchev–Trinajstić information content (AvgIpc) is 2.71. The van der Waals surface area contributed by atoms with Gasteiger partial charge < -0.3 is 5.32 Å². The number of sulfonamides is 1. The summed E-state index contributed by atoms with van der Waals surface area (Å²) in [5.41, 5.74) is 5.90. The van der Waals surface area contributed by atoms with Crippen molar-refractivity contribution in [1.29, 1.82) is 0 Å². The fraction of sp³-hybridized carbons (Fsp3) is 0.240. The van der Waals surface area contributed by atoms with E-state index in [4.69, 9.17) is 0 Å². The second kappa shape index (κ2) is 8.94. The maximum atomic E-state index is 13.5. The molecule has 162 valence electrons. The van der Waals surface area contributed by atoms with E-state index >= 15 is 0 Å². The van der Waals surface area contributed by atoms with Gasteiger partial charge in [0, 0.05) is 5.69 Å². The van der Waals surface area contributed by atoms with E-state index in [0.29, 0.717) is 11.4 Å². The van der Waals surface area contributed by atoms with Crippen LogP contribution >= 0.6 is 0 Å². The lowest BCUT2D eigenvalue weighted by molar-refractivity contribution is -0.114. The number of hydrogen-bond acceptors (Lipinski definition) is 3. The normalized spacial score (nSPS) is 11.3. The van der Waals surface area contributed by atoms with Crippen molar-refractivity contribution in [3.8, 4) is 0 Å². The first-order valence-electron chi connectivity index (χ1n) is 10.1. The molecule has 0 aliphatic rings. The number of nitrogens with one attached hydrogen (secondary N) is 1. The van der Waals surface area contributed by atoms with E-state index in [1.54, 1.807) is 36.4 Å². The van der Waals surface area contributed by atoms with Crippen LogP contribution in [0.2, 0.25) is 0 Å². The first-order chi connectivity index (χ1) is 14.6. The van der Waals surface area contributed by atoms with Crippen LogP contribution in [0.3, 0.4) is 0 Å². The van der Waals surface area contributed by atoms with Crippen LogP contribution < -0.4 is 9.62 Å². The van der Waals surface area contributed by atoms with Crippen molar-refractivity contribution in [3.05, 3.63) is 88.5 Å². The molecule has 31 heavy (non-hydrogen) atoms. The number of benzene rings is 3. The topological polar surface area (TPSA) is 66.5 Å². The Kier molecular flexibility index (Phi) is 6.51. The van der Waals surface area contributed by atoms with Crippen LogP contribution in [0.4, 0.5) is 11.4 Å². The third kappa shape index (κ3) is 4.97. The maximum absolute atomic E-state index is 13.5. The lowest BCUT2D eigenvalue weighted by Gasteiger charge is -2.26. The Balaban J connectivity index is 2.02. The molecule has 1 N–H and O–H groups in total. The zero-order valence-electron chi connectivity index (χ0n) is 18.6. The van der Waals surface area contributed by atoms with Crippen molar-refractivity contribution in [2.75, 3.05) is 16.2 Å². The smallest absolute Gasteiger partial charge is 0.264 e. The maximum Gasteiger partial charge on any atom is 0.264 e. The summed E-state index contributed by atoms with van der Waals surface area (Å²) in [6.45, 7) is 9.27. The Morgan fingerprint density at radius 2 is 1.42 bits per heavy atom. The number of hydrogen-bond donors (Lipinski definition) is 1. The minimum Gasteiger partial charge on any atom is -0.324 e. The molecule has 0 radical (unpaired) electrons.